The number of nitrogens with zero attached hydrogens (tertiary/aromatic N) is 3. The first kappa shape index (κ1) is 13.8. The zero-order valence-electron chi connectivity index (χ0n) is 13.2. The van der Waals surface area contributed by atoms with Crippen LogP contribution in [0, 0.1) is 11.8 Å². The molecule has 1 N–H and O–H groups in total. The van der Waals surface area contributed by atoms with Crippen LogP contribution in [0.5, 0.6) is 0 Å². The molecule has 4 heteroatoms. The lowest BCUT2D eigenvalue weighted by Crippen LogP contribution is -2.29. The summed E-state index contributed by atoms with van der Waals surface area (Å²) >= 11 is 0. The van der Waals surface area contributed by atoms with Crippen molar-refractivity contribution in [3.05, 3.63) is 48.3 Å². The lowest BCUT2D eigenvalue weighted by molar-refractivity contribution is 0.300. The number of hydrogen-bond donors (Lipinski definition) is 1. The molecule has 1 saturated carbocycles. The Hall–Kier alpha value is -1.81. The van der Waals surface area contributed by atoms with E-state index in [4.69, 9.17) is 0 Å². The maximum Gasteiger partial charge on any atom is 0.0728 e. The van der Waals surface area contributed by atoms with Crippen LogP contribution >= 0.6 is 0 Å². The van der Waals surface area contributed by atoms with Crippen molar-refractivity contribution in [2.45, 2.75) is 25.4 Å². The number of fused-ring (bicyclic) bond motifs is 1. The molecule has 1 aliphatic carbocycles. The number of anilines is 1. The van der Waals surface area contributed by atoms with Crippen molar-refractivity contribution < 1.29 is 0 Å². The fourth-order valence-corrected chi connectivity index (χ4v) is 4.22. The highest BCUT2D eigenvalue weighted by atomic mass is 15.3. The summed E-state index contributed by atoms with van der Waals surface area (Å²) in [6, 6.07) is 11.4. The summed E-state index contributed by atoms with van der Waals surface area (Å²) in [7, 11) is 1.97. The number of nitrogens with one attached hydrogen (secondary N) is 1. The minimum absolute atomic E-state index is 0.606. The van der Waals surface area contributed by atoms with E-state index in [0.717, 1.165) is 24.1 Å². The Labute approximate surface area is 132 Å². The van der Waals surface area contributed by atoms with Crippen LogP contribution in [0.1, 0.15) is 18.4 Å². The van der Waals surface area contributed by atoms with Gasteiger partial charge in [-0.2, -0.15) is 5.10 Å². The van der Waals surface area contributed by atoms with Gasteiger partial charge in [0.2, 0.25) is 0 Å². The fourth-order valence-electron chi connectivity index (χ4n) is 4.22. The van der Waals surface area contributed by atoms with Crippen molar-refractivity contribution in [1.29, 1.82) is 0 Å². The fraction of sp³-hybridized carbons (Fsp3) is 0.500. The van der Waals surface area contributed by atoms with Crippen molar-refractivity contribution in [1.82, 2.24) is 14.7 Å². The van der Waals surface area contributed by atoms with Crippen LogP contribution in [-0.2, 0) is 13.6 Å². The van der Waals surface area contributed by atoms with Gasteiger partial charge in [0, 0.05) is 38.9 Å². The number of benzene rings is 1. The lowest BCUT2D eigenvalue weighted by Gasteiger charge is -2.22. The van der Waals surface area contributed by atoms with Gasteiger partial charge < -0.3 is 5.32 Å². The first-order valence-corrected chi connectivity index (χ1v) is 8.29. The van der Waals surface area contributed by atoms with E-state index in [1.165, 1.54) is 31.5 Å². The quantitative estimate of drug-likeness (QED) is 0.942. The van der Waals surface area contributed by atoms with Gasteiger partial charge in [0.15, 0.2) is 0 Å². The summed E-state index contributed by atoms with van der Waals surface area (Å²) in [5, 5.41) is 7.97. The Bertz CT molecular complexity index is 621. The zero-order valence-corrected chi connectivity index (χ0v) is 13.2. The van der Waals surface area contributed by atoms with E-state index in [2.05, 4.69) is 51.8 Å². The molecule has 1 aliphatic heterocycles. The molecule has 1 saturated heterocycles. The van der Waals surface area contributed by atoms with E-state index in [0.29, 0.717) is 6.04 Å². The molecule has 2 aliphatic rings. The molecule has 0 spiro atoms. The SMILES string of the molecule is Cn1cc(NC2CCC3CN(Cc4ccccc4)CC32)cn1. The number of aromatic nitrogens is 2. The van der Waals surface area contributed by atoms with Gasteiger partial charge in [-0.1, -0.05) is 30.3 Å². The van der Waals surface area contributed by atoms with Gasteiger partial charge in [0.1, 0.15) is 0 Å². The molecule has 0 radical (unpaired) electrons. The van der Waals surface area contributed by atoms with E-state index < -0.39 is 0 Å². The smallest absolute Gasteiger partial charge is 0.0728 e. The van der Waals surface area contributed by atoms with Gasteiger partial charge in [0.25, 0.3) is 0 Å². The van der Waals surface area contributed by atoms with Crippen LogP contribution in [0.25, 0.3) is 0 Å². The highest BCUT2D eigenvalue weighted by Crippen LogP contribution is 2.39. The third-order valence-electron chi connectivity index (χ3n) is 5.24. The van der Waals surface area contributed by atoms with Crippen LogP contribution in [0.4, 0.5) is 5.69 Å². The van der Waals surface area contributed by atoms with E-state index >= 15 is 0 Å². The summed E-state index contributed by atoms with van der Waals surface area (Å²) in [4.78, 5) is 2.63. The summed E-state index contributed by atoms with van der Waals surface area (Å²) in [5.41, 5.74) is 2.59. The minimum atomic E-state index is 0.606. The zero-order chi connectivity index (χ0) is 14.9. The third kappa shape index (κ3) is 2.75. The average Bonchev–Trinajstić information content (AvgIpc) is 3.19. The third-order valence-corrected chi connectivity index (χ3v) is 5.24. The second kappa shape index (κ2) is 5.76. The highest BCUT2D eigenvalue weighted by molar-refractivity contribution is 5.40. The number of aryl methyl sites for hydroxylation is 1. The maximum atomic E-state index is 4.26. The minimum Gasteiger partial charge on any atom is -0.379 e. The maximum absolute atomic E-state index is 4.26. The normalized spacial score (nSPS) is 28.0. The van der Waals surface area contributed by atoms with Crippen LogP contribution in [0.3, 0.4) is 0 Å². The predicted molar refractivity (Wildman–Crippen MR) is 88.6 cm³/mol. The Balaban J connectivity index is 1.38. The van der Waals surface area contributed by atoms with Crippen molar-refractivity contribution in [2.24, 2.45) is 18.9 Å². The van der Waals surface area contributed by atoms with Crippen molar-refractivity contribution >= 4 is 5.69 Å². The molecule has 3 unspecified atom stereocenters. The molecule has 1 aromatic carbocycles. The molecule has 0 amide bonds. The van der Waals surface area contributed by atoms with Crippen LogP contribution < -0.4 is 5.32 Å². The van der Waals surface area contributed by atoms with Gasteiger partial charge in [-0.3, -0.25) is 9.58 Å². The standard InChI is InChI=1S/C18H24N4/c1-21-12-16(9-19-21)20-18-8-7-15-11-22(13-17(15)18)10-14-5-3-2-4-6-14/h2-6,9,12,15,17-18,20H,7-8,10-11,13H2,1H3. The van der Waals surface area contributed by atoms with Crippen LogP contribution in [0.15, 0.2) is 42.7 Å². The molecule has 1 aromatic heterocycles. The van der Waals surface area contributed by atoms with Crippen LogP contribution in [0.2, 0.25) is 0 Å². The second-order valence-electron chi connectivity index (χ2n) is 6.83. The van der Waals surface area contributed by atoms with Crippen molar-refractivity contribution in [3.8, 4) is 0 Å². The molecule has 2 heterocycles. The number of likely N-dealkylation sites (tertiary alicyclic amines) is 1. The number of rotatable bonds is 4. The first-order chi connectivity index (χ1) is 10.8. The Morgan fingerprint density at radius 1 is 1.18 bits per heavy atom. The summed E-state index contributed by atoms with van der Waals surface area (Å²) in [6.45, 7) is 3.57. The molecular weight excluding hydrogens is 272 g/mol. The molecule has 3 atom stereocenters. The monoisotopic (exact) mass is 296 g/mol. The molecule has 2 fully saturated rings. The van der Waals surface area contributed by atoms with Gasteiger partial charge in [-0.25, -0.2) is 0 Å². The molecule has 4 nitrogen and oxygen atoms in total. The first-order valence-electron chi connectivity index (χ1n) is 8.29. The van der Waals surface area contributed by atoms with Gasteiger partial charge in [-0.15, -0.1) is 0 Å². The molecule has 22 heavy (non-hydrogen) atoms. The largest absolute Gasteiger partial charge is 0.379 e. The predicted octanol–water partition coefficient (Wildman–Crippen LogP) is 2.74. The van der Waals surface area contributed by atoms with E-state index in [9.17, 15) is 0 Å². The molecule has 2 aromatic rings. The highest BCUT2D eigenvalue weighted by Gasteiger charge is 2.42. The molecule has 116 valence electrons. The van der Waals surface area contributed by atoms with Crippen LogP contribution in [-0.4, -0.2) is 33.8 Å². The Morgan fingerprint density at radius 2 is 2.05 bits per heavy atom. The van der Waals surface area contributed by atoms with E-state index in [1.807, 2.05) is 17.9 Å². The van der Waals surface area contributed by atoms with Gasteiger partial charge in [-0.05, 0) is 30.2 Å². The molecule has 0 bridgehead atoms. The molecular formula is C18H24N4. The van der Waals surface area contributed by atoms with E-state index in [1.54, 1.807) is 0 Å². The molecule has 4 rings (SSSR count). The summed E-state index contributed by atoms with van der Waals surface area (Å²) < 4.78 is 1.87. The Kier molecular flexibility index (Phi) is 3.62. The summed E-state index contributed by atoms with van der Waals surface area (Å²) in [6.07, 6.45) is 6.66. The van der Waals surface area contributed by atoms with E-state index in [-0.39, 0.29) is 0 Å². The summed E-state index contributed by atoms with van der Waals surface area (Å²) in [5.74, 6) is 1.64. The average molecular weight is 296 g/mol. The van der Waals surface area contributed by atoms with Crippen molar-refractivity contribution in [2.75, 3.05) is 18.4 Å². The van der Waals surface area contributed by atoms with Gasteiger partial charge >= 0.3 is 0 Å². The van der Waals surface area contributed by atoms with Crippen molar-refractivity contribution in [3.63, 3.8) is 0 Å². The van der Waals surface area contributed by atoms with Gasteiger partial charge in [0.05, 0.1) is 11.9 Å². The topological polar surface area (TPSA) is 33.1 Å². The number of hydrogen-bond acceptors (Lipinski definition) is 3. The second-order valence-corrected chi connectivity index (χ2v) is 6.83. The Morgan fingerprint density at radius 3 is 2.82 bits per heavy atom. The lowest BCUT2D eigenvalue weighted by atomic mass is 9.98.